The van der Waals surface area contributed by atoms with Crippen LogP contribution in [0.15, 0.2) is 18.2 Å². The molecule has 1 saturated carbocycles. The second-order valence-corrected chi connectivity index (χ2v) is 6.10. The zero-order valence-corrected chi connectivity index (χ0v) is 12.5. The van der Waals surface area contributed by atoms with E-state index in [1.807, 2.05) is 0 Å². The Bertz CT molecular complexity index is 399. The molecule has 2 N–H and O–H groups in total. The van der Waals surface area contributed by atoms with Gasteiger partial charge in [-0.2, -0.15) is 0 Å². The fourth-order valence-electron chi connectivity index (χ4n) is 3.28. The first kappa shape index (κ1) is 14.5. The summed E-state index contributed by atoms with van der Waals surface area (Å²) >= 11 is 0. The van der Waals surface area contributed by atoms with E-state index < -0.39 is 5.60 Å². The van der Waals surface area contributed by atoms with Crippen molar-refractivity contribution in [1.29, 1.82) is 0 Å². The maximum absolute atomic E-state index is 10.8. The Morgan fingerprint density at radius 3 is 2.32 bits per heavy atom. The minimum atomic E-state index is -0.497. The highest BCUT2D eigenvalue weighted by molar-refractivity contribution is 5.34. The molecule has 0 atom stereocenters. The van der Waals surface area contributed by atoms with Crippen molar-refractivity contribution >= 4 is 0 Å². The monoisotopic (exact) mass is 261 g/mol. The predicted molar refractivity (Wildman–Crippen MR) is 80.5 cm³/mol. The molecule has 0 aliphatic heterocycles. The first-order chi connectivity index (χ1) is 9.04. The number of benzene rings is 1. The summed E-state index contributed by atoms with van der Waals surface area (Å²) in [5.41, 5.74) is 3.46. The van der Waals surface area contributed by atoms with Gasteiger partial charge in [0.05, 0.1) is 5.60 Å². The summed E-state index contributed by atoms with van der Waals surface area (Å²) in [6.45, 7) is 7.48. The van der Waals surface area contributed by atoms with Crippen LogP contribution in [0.1, 0.15) is 49.3 Å². The average Bonchev–Trinajstić information content (AvgIpc) is 2.38. The number of nitrogens with one attached hydrogen (secondary N) is 1. The van der Waals surface area contributed by atoms with E-state index in [0.29, 0.717) is 6.04 Å². The highest BCUT2D eigenvalue weighted by Crippen LogP contribution is 2.33. The molecule has 2 nitrogen and oxygen atoms in total. The molecular weight excluding hydrogens is 234 g/mol. The SMILES string of the molecule is CCNC1CCC(O)(Cc2c(C)cccc2C)CC1. The quantitative estimate of drug-likeness (QED) is 0.873. The van der Waals surface area contributed by atoms with Gasteiger partial charge >= 0.3 is 0 Å². The molecule has 0 aromatic heterocycles. The molecule has 0 radical (unpaired) electrons. The molecule has 1 aliphatic rings. The van der Waals surface area contributed by atoms with Crippen LogP contribution in [0, 0.1) is 13.8 Å². The van der Waals surface area contributed by atoms with E-state index in [1.54, 1.807) is 0 Å². The van der Waals surface area contributed by atoms with Crippen LogP contribution < -0.4 is 5.32 Å². The second kappa shape index (κ2) is 6.06. The van der Waals surface area contributed by atoms with Gasteiger partial charge in [-0.3, -0.25) is 0 Å². The number of hydrogen-bond acceptors (Lipinski definition) is 2. The Morgan fingerprint density at radius 1 is 1.21 bits per heavy atom. The minimum absolute atomic E-state index is 0.497. The summed E-state index contributed by atoms with van der Waals surface area (Å²) in [5.74, 6) is 0. The second-order valence-electron chi connectivity index (χ2n) is 6.10. The van der Waals surface area contributed by atoms with Gasteiger partial charge < -0.3 is 10.4 Å². The highest BCUT2D eigenvalue weighted by atomic mass is 16.3. The third-order valence-corrected chi connectivity index (χ3v) is 4.56. The van der Waals surface area contributed by atoms with Crippen molar-refractivity contribution in [2.24, 2.45) is 0 Å². The van der Waals surface area contributed by atoms with E-state index in [0.717, 1.165) is 38.6 Å². The molecule has 1 aliphatic carbocycles. The van der Waals surface area contributed by atoms with E-state index in [1.165, 1.54) is 16.7 Å². The highest BCUT2D eigenvalue weighted by Gasteiger charge is 2.33. The lowest BCUT2D eigenvalue weighted by molar-refractivity contribution is -0.00319. The summed E-state index contributed by atoms with van der Waals surface area (Å²) < 4.78 is 0. The third kappa shape index (κ3) is 3.58. The molecule has 0 spiro atoms. The Morgan fingerprint density at radius 2 is 1.79 bits per heavy atom. The predicted octanol–water partition coefficient (Wildman–Crippen LogP) is 3.13. The van der Waals surface area contributed by atoms with E-state index >= 15 is 0 Å². The summed E-state index contributed by atoms with van der Waals surface area (Å²) in [5, 5.41) is 14.3. The topological polar surface area (TPSA) is 32.3 Å². The number of aryl methyl sites for hydroxylation is 2. The van der Waals surface area contributed by atoms with Crippen LogP contribution in [0.25, 0.3) is 0 Å². The lowest BCUT2D eigenvalue weighted by atomic mass is 9.77. The minimum Gasteiger partial charge on any atom is -0.390 e. The first-order valence-electron chi connectivity index (χ1n) is 7.55. The Balaban J connectivity index is 2.03. The molecule has 0 amide bonds. The van der Waals surface area contributed by atoms with Crippen LogP contribution in [0.4, 0.5) is 0 Å². The van der Waals surface area contributed by atoms with Gasteiger partial charge in [-0.25, -0.2) is 0 Å². The molecule has 2 heteroatoms. The molecule has 1 aromatic rings. The van der Waals surface area contributed by atoms with Crippen molar-refractivity contribution in [1.82, 2.24) is 5.32 Å². The molecule has 106 valence electrons. The Labute approximate surface area is 117 Å². The Kier molecular flexibility index (Phi) is 4.64. The standard InChI is InChI=1S/C17H27NO/c1-4-18-15-8-10-17(19,11-9-15)12-16-13(2)6-5-7-14(16)3/h5-7,15,18-19H,4,8-12H2,1-3H3. The third-order valence-electron chi connectivity index (χ3n) is 4.56. The van der Waals surface area contributed by atoms with Crippen LogP contribution in [0.2, 0.25) is 0 Å². The normalized spacial score (nSPS) is 27.5. The van der Waals surface area contributed by atoms with Crippen LogP contribution >= 0.6 is 0 Å². The van der Waals surface area contributed by atoms with Crippen LogP contribution in [0.5, 0.6) is 0 Å². The molecule has 2 rings (SSSR count). The first-order valence-corrected chi connectivity index (χ1v) is 7.55. The molecule has 0 saturated heterocycles. The summed E-state index contributed by atoms with van der Waals surface area (Å²) in [6, 6.07) is 7.00. The Hall–Kier alpha value is -0.860. The van der Waals surface area contributed by atoms with Gasteiger partial charge in [-0.1, -0.05) is 25.1 Å². The number of aliphatic hydroxyl groups is 1. The molecular formula is C17H27NO. The lowest BCUT2D eigenvalue weighted by Crippen LogP contribution is -2.42. The van der Waals surface area contributed by atoms with Gasteiger partial charge in [-0.15, -0.1) is 0 Å². The maximum Gasteiger partial charge on any atom is 0.0689 e. The van der Waals surface area contributed by atoms with Crippen LogP contribution in [-0.2, 0) is 6.42 Å². The van der Waals surface area contributed by atoms with E-state index in [-0.39, 0.29) is 0 Å². The fraction of sp³-hybridized carbons (Fsp3) is 0.647. The molecule has 1 fully saturated rings. The maximum atomic E-state index is 10.8. The molecule has 0 bridgehead atoms. The molecule has 0 heterocycles. The molecule has 19 heavy (non-hydrogen) atoms. The summed E-state index contributed by atoms with van der Waals surface area (Å²) in [4.78, 5) is 0. The smallest absolute Gasteiger partial charge is 0.0689 e. The van der Waals surface area contributed by atoms with Crippen molar-refractivity contribution in [2.45, 2.75) is 64.5 Å². The summed E-state index contributed by atoms with van der Waals surface area (Å²) in [7, 11) is 0. The lowest BCUT2D eigenvalue weighted by Gasteiger charge is -2.37. The van der Waals surface area contributed by atoms with Gasteiger partial charge in [-0.05, 0) is 62.8 Å². The van der Waals surface area contributed by atoms with Gasteiger partial charge in [0.25, 0.3) is 0 Å². The van der Waals surface area contributed by atoms with Gasteiger partial charge in [0.1, 0.15) is 0 Å². The summed E-state index contributed by atoms with van der Waals surface area (Å²) in [6.07, 6.45) is 4.83. The van der Waals surface area contributed by atoms with Crippen molar-refractivity contribution in [3.8, 4) is 0 Å². The molecule has 0 unspecified atom stereocenters. The van der Waals surface area contributed by atoms with Crippen molar-refractivity contribution in [3.05, 3.63) is 34.9 Å². The van der Waals surface area contributed by atoms with Crippen LogP contribution in [0.3, 0.4) is 0 Å². The van der Waals surface area contributed by atoms with Crippen molar-refractivity contribution in [2.75, 3.05) is 6.54 Å². The van der Waals surface area contributed by atoms with Crippen molar-refractivity contribution < 1.29 is 5.11 Å². The van der Waals surface area contributed by atoms with E-state index in [2.05, 4.69) is 44.3 Å². The van der Waals surface area contributed by atoms with Crippen molar-refractivity contribution in [3.63, 3.8) is 0 Å². The van der Waals surface area contributed by atoms with E-state index in [4.69, 9.17) is 0 Å². The fourth-order valence-corrected chi connectivity index (χ4v) is 3.28. The zero-order valence-electron chi connectivity index (χ0n) is 12.5. The average molecular weight is 261 g/mol. The zero-order chi connectivity index (χ0) is 13.9. The molecule has 1 aromatic carbocycles. The van der Waals surface area contributed by atoms with Gasteiger partial charge in [0.2, 0.25) is 0 Å². The number of hydrogen-bond donors (Lipinski definition) is 2. The van der Waals surface area contributed by atoms with Gasteiger partial charge in [0, 0.05) is 12.5 Å². The van der Waals surface area contributed by atoms with Gasteiger partial charge in [0.15, 0.2) is 0 Å². The largest absolute Gasteiger partial charge is 0.390 e. The van der Waals surface area contributed by atoms with E-state index in [9.17, 15) is 5.11 Å². The van der Waals surface area contributed by atoms with Crippen LogP contribution in [-0.4, -0.2) is 23.3 Å². The number of rotatable bonds is 4.